The quantitative estimate of drug-likeness (QED) is 0.220. The fourth-order valence-corrected chi connectivity index (χ4v) is 4.80. The van der Waals surface area contributed by atoms with Gasteiger partial charge < -0.3 is 19.6 Å². The zero-order chi connectivity index (χ0) is 27.2. The van der Waals surface area contributed by atoms with E-state index in [0.29, 0.717) is 24.5 Å². The third-order valence-corrected chi connectivity index (χ3v) is 6.93. The number of nitrogens with zero attached hydrogens (tertiary/aromatic N) is 2. The lowest BCUT2D eigenvalue weighted by Gasteiger charge is -2.26. The number of carbonyl (C=O) groups is 2. The first-order chi connectivity index (χ1) is 18.3. The molecule has 1 amide bonds. The highest BCUT2D eigenvalue weighted by atomic mass is 16.5. The smallest absolute Gasteiger partial charge is 0.295 e. The number of ether oxygens (including phenoxy) is 1. The molecule has 0 unspecified atom stereocenters. The predicted molar refractivity (Wildman–Crippen MR) is 150 cm³/mol. The summed E-state index contributed by atoms with van der Waals surface area (Å²) in [7, 11) is 3.95. The topological polar surface area (TPSA) is 70.1 Å². The molecule has 1 atom stereocenters. The van der Waals surface area contributed by atoms with Crippen LogP contribution >= 0.6 is 0 Å². The number of aliphatic hydroxyl groups excluding tert-OH is 1. The van der Waals surface area contributed by atoms with Gasteiger partial charge in [-0.3, -0.25) is 9.59 Å². The molecule has 3 aromatic carbocycles. The monoisotopic (exact) mass is 512 g/mol. The molecule has 6 nitrogen and oxygen atoms in total. The van der Waals surface area contributed by atoms with Gasteiger partial charge in [0.1, 0.15) is 18.1 Å². The van der Waals surface area contributed by atoms with Crippen molar-refractivity contribution in [2.75, 3.05) is 27.2 Å². The average molecular weight is 513 g/mol. The van der Waals surface area contributed by atoms with Crippen LogP contribution in [0.15, 0.2) is 78.4 Å². The molecule has 1 aliphatic rings. The van der Waals surface area contributed by atoms with E-state index >= 15 is 0 Å². The fourth-order valence-electron chi connectivity index (χ4n) is 4.80. The molecule has 1 N–H and O–H groups in total. The lowest BCUT2D eigenvalue weighted by molar-refractivity contribution is -0.139. The Morgan fingerprint density at radius 3 is 2.32 bits per heavy atom. The maximum atomic E-state index is 13.3. The molecule has 6 heteroatoms. The molecule has 1 saturated heterocycles. The fraction of sp³-hybridized carbons (Fsp3) is 0.312. The molecule has 198 valence electrons. The van der Waals surface area contributed by atoms with Gasteiger partial charge in [-0.25, -0.2) is 0 Å². The second kappa shape index (κ2) is 12.1. The van der Waals surface area contributed by atoms with Crippen molar-refractivity contribution in [1.29, 1.82) is 0 Å². The van der Waals surface area contributed by atoms with Crippen LogP contribution < -0.4 is 4.74 Å². The third kappa shape index (κ3) is 5.97. The van der Waals surface area contributed by atoms with Gasteiger partial charge in [-0.05, 0) is 80.9 Å². The molecule has 1 fully saturated rings. The van der Waals surface area contributed by atoms with Crippen molar-refractivity contribution < 1.29 is 19.4 Å². The van der Waals surface area contributed by atoms with Crippen LogP contribution in [0.25, 0.3) is 5.76 Å². The lowest BCUT2D eigenvalue weighted by atomic mass is 9.94. The van der Waals surface area contributed by atoms with Crippen LogP contribution in [-0.2, 0) is 22.6 Å². The summed E-state index contributed by atoms with van der Waals surface area (Å²) in [5.74, 6) is -0.699. The minimum Gasteiger partial charge on any atom is -0.507 e. The van der Waals surface area contributed by atoms with Crippen molar-refractivity contribution in [1.82, 2.24) is 9.80 Å². The number of hydrogen-bond donors (Lipinski definition) is 1. The van der Waals surface area contributed by atoms with Crippen LogP contribution in [0.3, 0.4) is 0 Å². The summed E-state index contributed by atoms with van der Waals surface area (Å²) >= 11 is 0. The van der Waals surface area contributed by atoms with Crippen LogP contribution in [0, 0.1) is 6.92 Å². The Bertz CT molecular complexity index is 1310. The second-order valence-corrected chi connectivity index (χ2v) is 10.00. The number of amides is 1. The summed E-state index contributed by atoms with van der Waals surface area (Å²) in [6, 6.07) is 22.5. The molecule has 0 spiro atoms. The van der Waals surface area contributed by atoms with Gasteiger partial charge >= 0.3 is 0 Å². The molecule has 0 aromatic heterocycles. The summed E-state index contributed by atoms with van der Waals surface area (Å²) in [5.41, 5.74) is 4.47. The van der Waals surface area contributed by atoms with Crippen molar-refractivity contribution in [3.05, 3.63) is 106 Å². The van der Waals surface area contributed by atoms with Crippen LogP contribution in [0.1, 0.15) is 47.2 Å². The van der Waals surface area contributed by atoms with E-state index < -0.39 is 17.7 Å². The Kier molecular flexibility index (Phi) is 8.64. The van der Waals surface area contributed by atoms with Crippen LogP contribution in [-0.4, -0.2) is 53.8 Å². The van der Waals surface area contributed by atoms with Crippen molar-refractivity contribution in [2.45, 2.75) is 39.3 Å². The summed E-state index contributed by atoms with van der Waals surface area (Å²) < 4.78 is 5.98. The highest BCUT2D eigenvalue weighted by molar-refractivity contribution is 6.46. The minimum atomic E-state index is -0.654. The molecule has 3 aromatic rings. The van der Waals surface area contributed by atoms with Gasteiger partial charge in [-0.15, -0.1) is 0 Å². The molecule has 0 bridgehead atoms. The molecular weight excluding hydrogens is 476 g/mol. The Balaban J connectivity index is 1.68. The van der Waals surface area contributed by atoms with E-state index in [1.807, 2.05) is 80.5 Å². The second-order valence-electron chi connectivity index (χ2n) is 10.00. The van der Waals surface area contributed by atoms with Gasteiger partial charge in [0, 0.05) is 12.1 Å². The van der Waals surface area contributed by atoms with Gasteiger partial charge in [0.15, 0.2) is 0 Å². The summed E-state index contributed by atoms with van der Waals surface area (Å²) in [6.45, 7) is 5.62. The highest BCUT2D eigenvalue weighted by Crippen LogP contribution is 2.40. The number of Topliss-reactive ketones (excluding diaryl/α,β-unsaturated/α-hetero) is 1. The van der Waals surface area contributed by atoms with Gasteiger partial charge in [-0.1, -0.05) is 61.5 Å². The maximum absolute atomic E-state index is 13.3. The zero-order valence-electron chi connectivity index (χ0n) is 22.6. The van der Waals surface area contributed by atoms with Crippen LogP contribution in [0.2, 0.25) is 0 Å². The van der Waals surface area contributed by atoms with Gasteiger partial charge in [0.2, 0.25) is 0 Å². The lowest BCUT2D eigenvalue weighted by Crippen LogP contribution is -2.32. The van der Waals surface area contributed by atoms with Crippen molar-refractivity contribution in [3.63, 3.8) is 0 Å². The number of likely N-dealkylation sites (tertiary alicyclic amines) is 1. The van der Waals surface area contributed by atoms with Gasteiger partial charge in [-0.2, -0.15) is 0 Å². The Labute approximate surface area is 225 Å². The molecule has 0 aliphatic carbocycles. The molecular formula is C32H36N2O4. The van der Waals surface area contributed by atoms with Gasteiger partial charge in [0.05, 0.1) is 11.6 Å². The van der Waals surface area contributed by atoms with E-state index in [0.717, 1.165) is 36.1 Å². The van der Waals surface area contributed by atoms with Gasteiger partial charge in [0.25, 0.3) is 11.7 Å². The Morgan fingerprint density at radius 1 is 0.974 bits per heavy atom. The average Bonchev–Trinajstić information content (AvgIpc) is 3.17. The van der Waals surface area contributed by atoms with Crippen LogP contribution in [0.4, 0.5) is 0 Å². The van der Waals surface area contributed by atoms with E-state index in [9.17, 15) is 14.7 Å². The first-order valence-electron chi connectivity index (χ1n) is 13.1. The van der Waals surface area contributed by atoms with Crippen LogP contribution in [0.5, 0.6) is 5.75 Å². The number of carbonyl (C=O) groups excluding carboxylic acids is 2. The molecule has 1 aliphatic heterocycles. The number of rotatable bonds is 10. The largest absolute Gasteiger partial charge is 0.507 e. The van der Waals surface area contributed by atoms with E-state index in [2.05, 4.69) is 6.92 Å². The molecule has 1 heterocycles. The first-order valence-corrected chi connectivity index (χ1v) is 13.1. The molecule has 4 rings (SSSR count). The van der Waals surface area contributed by atoms with Crippen molar-refractivity contribution in [3.8, 4) is 5.75 Å². The predicted octanol–water partition coefficient (Wildman–Crippen LogP) is 5.51. The van der Waals surface area contributed by atoms with E-state index in [4.69, 9.17) is 4.74 Å². The van der Waals surface area contributed by atoms with E-state index in [1.165, 1.54) is 5.56 Å². The third-order valence-electron chi connectivity index (χ3n) is 6.93. The number of hydrogen-bond acceptors (Lipinski definition) is 5. The van der Waals surface area contributed by atoms with E-state index in [-0.39, 0.29) is 11.3 Å². The van der Waals surface area contributed by atoms with E-state index in [1.54, 1.807) is 23.1 Å². The summed E-state index contributed by atoms with van der Waals surface area (Å²) in [6.07, 6.45) is 1.61. The first kappa shape index (κ1) is 27.1. The number of aliphatic hydroxyl groups is 1. The Morgan fingerprint density at radius 2 is 1.68 bits per heavy atom. The number of aryl methyl sites for hydroxylation is 2. The Hall–Kier alpha value is -3.90. The summed E-state index contributed by atoms with van der Waals surface area (Å²) in [4.78, 5) is 30.1. The molecule has 38 heavy (non-hydrogen) atoms. The number of benzene rings is 3. The zero-order valence-corrected chi connectivity index (χ0v) is 22.6. The highest BCUT2D eigenvalue weighted by Gasteiger charge is 2.45. The van der Waals surface area contributed by atoms with Crippen molar-refractivity contribution >= 4 is 17.4 Å². The number of ketones is 1. The maximum Gasteiger partial charge on any atom is 0.295 e. The SMILES string of the molecule is CCc1ccc([C@H]2/C(=C(\O)c3ccc(OCc4ccccc4)c(C)c3)C(=O)C(=O)N2CCCN(C)C)cc1. The summed E-state index contributed by atoms with van der Waals surface area (Å²) in [5, 5.41) is 11.4. The standard InChI is InChI=1S/C32H36N2O4/c1-5-23-12-14-25(15-13-23)29-28(31(36)32(37)34(29)19-9-18-33(3)4)30(35)26-16-17-27(22(2)20-26)38-21-24-10-7-6-8-11-24/h6-8,10-17,20,29,35H,5,9,18-19,21H2,1-4H3/b30-28+/t29-/m0/s1. The normalized spacial score (nSPS) is 16.9. The minimum absolute atomic E-state index is 0.126. The van der Waals surface area contributed by atoms with Crippen molar-refractivity contribution in [2.24, 2.45) is 0 Å². The molecule has 0 saturated carbocycles. The molecule has 0 radical (unpaired) electrons.